The van der Waals surface area contributed by atoms with Crippen LogP contribution in [0.4, 0.5) is 0 Å². The molecule has 36 heavy (non-hydrogen) atoms. The minimum absolute atomic E-state index is 0.0353. The van der Waals surface area contributed by atoms with Gasteiger partial charge in [0.2, 0.25) is 0 Å². The highest BCUT2D eigenvalue weighted by Gasteiger charge is 2.23. The first-order chi connectivity index (χ1) is 17.5. The van der Waals surface area contributed by atoms with Crippen molar-refractivity contribution in [1.29, 1.82) is 0 Å². The second-order valence-electron chi connectivity index (χ2n) is 9.23. The van der Waals surface area contributed by atoms with E-state index < -0.39 is 0 Å². The van der Waals surface area contributed by atoms with E-state index >= 15 is 0 Å². The third kappa shape index (κ3) is 5.26. The van der Waals surface area contributed by atoms with Gasteiger partial charge in [0.05, 0.1) is 17.1 Å². The quantitative estimate of drug-likeness (QED) is 0.361. The topological polar surface area (TPSA) is 91.0 Å². The summed E-state index contributed by atoms with van der Waals surface area (Å²) in [5.41, 5.74) is 4.70. The molecule has 1 fully saturated rings. The monoisotopic (exact) mass is 501 g/mol. The highest BCUT2D eigenvalue weighted by atomic mass is 35.5. The largest absolute Gasteiger partial charge is 0.342 e. The summed E-state index contributed by atoms with van der Waals surface area (Å²) in [6.07, 6.45) is 7.00. The second-order valence-corrected chi connectivity index (χ2v) is 9.67. The Morgan fingerprint density at radius 1 is 1.08 bits per heavy atom. The molecular formula is C28H28ClN5O2. The fraction of sp³-hybridized carbons (Fsp3) is 0.286. The smallest absolute Gasteiger partial charge is 0.254 e. The van der Waals surface area contributed by atoms with Gasteiger partial charge < -0.3 is 15.2 Å². The van der Waals surface area contributed by atoms with E-state index in [4.69, 9.17) is 16.6 Å². The maximum atomic E-state index is 13.3. The number of pyridine rings is 1. The number of aromatic nitrogens is 3. The molecule has 3 heterocycles. The van der Waals surface area contributed by atoms with Crippen molar-refractivity contribution < 1.29 is 9.59 Å². The zero-order valence-electron chi connectivity index (χ0n) is 20.1. The van der Waals surface area contributed by atoms with Crippen LogP contribution in [-0.4, -0.2) is 44.8 Å². The minimum Gasteiger partial charge on any atom is -0.342 e. The third-order valence-corrected chi connectivity index (χ3v) is 6.92. The van der Waals surface area contributed by atoms with Crippen LogP contribution in [0.1, 0.15) is 63.0 Å². The number of halogens is 1. The van der Waals surface area contributed by atoms with Crippen LogP contribution in [-0.2, 0) is 6.42 Å². The van der Waals surface area contributed by atoms with Gasteiger partial charge in [-0.05, 0) is 92.3 Å². The van der Waals surface area contributed by atoms with Gasteiger partial charge in [-0.3, -0.25) is 14.6 Å². The molecule has 0 saturated carbocycles. The summed E-state index contributed by atoms with van der Waals surface area (Å²) < 4.78 is 0. The van der Waals surface area contributed by atoms with Crippen LogP contribution in [0, 0.1) is 6.92 Å². The molecule has 8 heteroatoms. The summed E-state index contributed by atoms with van der Waals surface area (Å²) in [5, 5.41) is 3.77. The number of rotatable bonds is 7. The summed E-state index contributed by atoms with van der Waals surface area (Å²) in [6.45, 7) is 3.47. The number of aryl methyl sites for hydroxylation is 2. The van der Waals surface area contributed by atoms with Crippen LogP contribution in [0.25, 0.3) is 11.0 Å². The lowest BCUT2D eigenvalue weighted by atomic mass is 10.0. The zero-order chi connectivity index (χ0) is 25.1. The van der Waals surface area contributed by atoms with Crippen LogP contribution in [0.3, 0.4) is 0 Å². The Hall–Kier alpha value is -3.71. The molecule has 0 unspecified atom stereocenters. The molecule has 1 aliphatic rings. The average Bonchev–Trinajstić information content (AvgIpc) is 3.57. The molecule has 0 radical (unpaired) electrons. The van der Waals surface area contributed by atoms with E-state index in [2.05, 4.69) is 15.3 Å². The first-order valence-electron chi connectivity index (χ1n) is 12.2. The van der Waals surface area contributed by atoms with Gasteiger partial charge in [0.25, 0.3) is 11.8 Å². The number of carbonyl (C=O) groups is 2. The molecular weight excluding hydrogens is 474 g/mol. The van der Waals surface area contributed by atoms with Crippen molar-refractivity contribution in [3.8, 4) is 0 Å². The van der Waals surface area contributed by atoms with E-state index in [0.717, 1.165) is 54.5 Å². The number of carbonyl (C=O) groups excluding carboxylic acids is 2. The molecule has 0 spiro atoms. The molecule has 2 aromatic heterocycles. The molecule has 2 N–H and O–H groups in total. The Labute approximate surface area is 214 Å². The van der Waals surface area contributed by atoms with Crippen molar-refractivity contribution in [3.05, 3.63) is 94.0 Å². The number of fused-ring (bicyclic) bond motifs is 1. The first-order valence-corrected chi connectivity index (χ1v) is 12.6. The highest BCUT2D eigenvalue weighted by molar-refractivity contribution is 6.31. The lowest BCUT2D eigenvalue weighted by Crippen LogP contribution is -2.30. The summed E-state index contributed by atoms with van der Waals surface area (Å²) in [5.74, 6) is 0.497. The number of hydrogen-bond acceptors (Lipinski definition) is 4. The molecule has 7 nitrogen and oxygen atoms in total. The first kappa shape index (κ1) is 24.0. The minimum atomic E-state index is -0.344. The number of aromatic amines is 1. The molecule has 2 amide bonds. The van der Waals surface area contributed by atoms with E-state index in [0.29, 0.717) is 28.4 Å². The number of benzene rings is 2. The maximum absolute atomic E-state index is 13.3. The Balaban J connectivity index is 1.37. The summed E-state index contributed by atoms with van der Waals surface area (Å²) >= 11 is 6.15. The number of nitrogens with one attached hydrogen (secondary N) is 2. The van der Waals surface area contributed by atoms with E-state index in [-0.39, 0.29) is 17.9 Å². The Bertz CT molecular complexity index is 1400. The molecule has 1 aliphatic heterocycles. The molecule has 1 saturated heterocycles. The fourth-order valence-electron chi connectivity index (χ4n) is 4.68. The van der Waals surface area contributed by atoms with Crippen LogP contribution in [0.5, 0.6) is 0 Å². The predicted octanol–water partition coefficient (Wildman–Crippen LogP) is 5.26. The second kappa shape index (κ2) is 10.5. The lowest BCUT2D eigenvalue weighted by molar-refractivity contribution is 0.0791. The van der Waals surface area contributed by atoms with Gasteiger partial charge in [0, 0.05) is 41.6 Å². The van der Waals surface area contributed by atoms with Crippen LogP contribution < -0.4 is 5.32 Å². The number of likely N-dealkylation sites (tertiary alicyclic amines) is 1. The SMILES string of the molecule is Cc1cc(C(=O)N[C@@H](CCc2ccncc2)c2nc3ccc(Cl)cc3[nH]2)ccc1C(=O)N1CCCC1. The molecule has 2 aromatic carbocycles. The predicted molar refractivity (Wildman–Crippen MR) is 140 cm³/mol. The van der Waals surface area contributed by atoms with E-state index in [9.17, 15) is 9.59 Å². The van der Waals surface area contributed by atoms with Gasteiger partial charge in [-0.25, -0.2) is 4.98 Å². The zero-order valence-corrected chi connectivity index (χ0v) is 20.9. The maximum Gasteiger partial charge on any atom is 0.254 e. The van der Waals surface area contributed by atoms with E-state index in [1.807, 2.05) is 36.1 Å². The van der Waals surface area contributed by atoms with Gasteiger partial charge in [-0.1, -0.05) is 11.6 Å². The van der Waals surface area contributed by atoms with Gasteiger partial charge >= 0.3 is 0 Å². The number of imidazole rings is 1. The molecule has 0 bridgehead atoms. The fourth-order valence-corrected chi connectivity index (χ4v) is 4.85. The van der Waals surface area contributed by atoms with Gasteiger partial charge in [0.15, 0.2) is 0 Å². The van der Waals surface area contributed by atoms with Crippen molar-refractivity contribution >= 4 is 34.4 Å². The molecule has 1 atom stereocenters. The van der Waals surface area contributed by atoms with Crippen molar-refractivity contribution in [2.24, 2.45) is 0 Å². The van der Waals surface area contributed by atoms with Gasteiger partial charge in [-0.2, -0.15) is 0 Å². The Morgan fingerprint density at radius 3 is 2.61 bits per heavy atom. The molecule has 5 rings (SSSR count). The van der Waals surface area contributed by atoms with Gasteiger partial charge in [0.1, 0.15) is 5.82 Å². The normalized spacial score (nSPS) is 14.2. The van der Waals surface area contributed by atoms with Crippen LogP contribution in [0.15, 0.2) is 60.9 Å². The summed E-state index contributed by atoms with van der Waals surface area (Å²) in [4.78, 5) is 40.2. The van der Waals surface area contributed by atoms with Crippen molar-refractivity contribution in [3.63, 3.8) is 0 Å². The lowest BCUT2D eigenvalue weighted by Gasteiger charge is -2.19. The summed E-state index contributed by atoms with van der Waals surface area (Å²) in [6, 6.07) is 14.4. The molecule has 0 aliphatic carbocycles. The van der Waals surface area contributed by atoms with Crippen LogP contribution in [0.2, 0.25) is 5.02 Å². The number of hydrogen-bond donors (Lipinski definition) is 2. The third-order valence-electron chi connectivity index (χ3n) is 6.68. The van der Waals surface area contributed by atoms with E-state index in [1.54, 1.807) is 36.7 Å². The highest BCUT2D eigenvalue weighted by Crippen LogP contribution is 2.24. The average molecular weight is 502 g/mol. The number of nitrogens with zero attached hydrogens (tertiary/aromatic N) is 3. The van der Waals surface area contributed by atoms with E-state index in [1.165, 1.54) is 0 Å². The van der Waals surface area contributed by atoms with Crippen molar-refractivity contribution in [1.82, 2.24) is 25.2 Å². The molecule has 184 valence electrons. The van der Waals surface area contributed by atoms with Crippen LogP contribution >= 0.6 is 11.6 Å². The summed E-state index contributed by atoms with van der Waals surface area (Å²) in [7, 11) is 0. The number of H-pyrrole nitrogens is 1. The Morgan fingerprint density at radius 2 is 1.86 bits per heavy atom. The molecule has 4 aromatic rings. The number of amides is 2. The van der Waals surface area contributed by atoms with Gasteiger partial charge in [-0.15, -0.1) is 0 Å². The Kier molecular flexibility index (Phi) is 7.00. The standard InChI is InChI=1S/C28H28ClN5O2/c1-18-16-20(5-7-22(18)28(36)34-14-2-3-15-34)27(35)33-24(8-4-19-10-12-30-13-11-19)26-31-23-9-6-21(29)17-25(23)32-26/h5-7,9-13,16-17,24H,2-4,8,14-15H2,1H3,(H,31,32)(H,33,35)/t24-/m0/s1. The van der Waals surface area contributed by atoms with Crippen molar-refractivity contribution in [2.75, 3.05) is 13.1 Å². The van der Waals surface area contributed by atoms with Crippen molar-refractivity contribution in [2.45, 2.75) is 38.6 Å².